The first-order valence-corrected chi connectivity index (χ1v) is 6.31. The van der Waals surface area contributed by atoms with Crippen LogP contribution >= 0.6 is 0 Å². The van der Waals surface area contributed by atoms with Gasteiger partial charge in [0.05, 0.1) is 26.3 Å². The van der Waals surface area contributed by atoms with Crippen LogP contribution in [0.2, 0.25) is 0 Å². The van der Waals surface area contributed by atoms with Gasteiger partial charge in [-0.15, -0.1) is 0 Å². The highest BCUT2D eigenvalue weighted by Crippen LogP contribution is 2.29. The molecule has 5 nitrogen and oxygen atoms in total. The first kappa shape index (κ1) is 15.3. The van der Waals surface area contributed by atoms with Crippen molar-refractivity contribution < 1.29 is 14.3 Å². The number of hydrogen-bond donors (Lipinski definition) is 2. The third-order valence-corrected chi connectivity index (χ3v) is 3.04. The summed E-state index contributed by atoms with van der Waals surface area (Å²) in [6.45, 7) is 3.77. The van der Waals surface area contributed by atoms with Gasteiger partial charge in [-0.05, 0) is 25.5 Å². The SMILES string of the molecule is CC[C@@H](N)C(=O)NC(C)c1ccc(OC)cc1OC. The molecule has 0 saturated heterocycles. The van der Waals surface area contributed by atoms with E-state index in [1.807, 2.05) is 26.0 Å². The summed E-state index contributed by atoms with van der Waals surface area (Å²) >= 11 is 0. The highest BCUT2D eigenvalue weighted by atomic mass is 16.5. The van der Waals surface area contributed by atoms with Crippen LogP contribution in [0.15, 0.2) is 18.2 Å². The molecule has 0 fully saturated rings. The molecule has 3 N–H and O–H groups in total. The van der Waals surface area contributed by atoms with Crippen LogP contribution in [0.1, 0.15) is 31.9 Å². The Labute approximate surface area is 114 Å². The maximum Gasteiger partial charge on any atom is 0.237 e. The molecule has 0 aromatic heterocycles. The van der Waals surface area contributed by atoms with Crippen molar-refractivity contribution in [3.05, 3.63) is 23.8 Å². The first-order chi connectivity index (χ1) is 9.03. The molecule has 0 aliphatic heterocycles. The number of amides is 1. The molecule has 1 aromatic rings. The van der Waals surface area contributed by atoms with E-state index in [4.69, 9.17) is 15.2 Å². The van der Waals surface area contributed by atoms with Crippen molar-refractivity contribution in [2.24, 2.45) is 5.73 Å². The van der Waals surface area contributed by atoms with E-state index in [0.29, 0.717) is 17.9 Å². The van der Waals surface area contributed by atoms with Crippen LogP contribution in [0.25, 0.3) is 0 Å². The van der Waals surface area contributed by atoms with Crippen molar-refractivity contribution in [1.29, 1.82) is 0 Å². The topological polar surface area (TPSA) is 73.6 Å². The van der Waals surface area contributed by atoms with Crippen molar-refractivity contribution in [2.75, 3.05) is 14.2 Å². The minimum Gasteiger partial charge on any atom is -0.497 e. The number of ether oxygens (including phenoxy) is 2. The fourth-order valence-corrected chi connectivity index (χ4v) is 1.76. The Kier molecular flexibility index (Phi) is 5.63. The summed E-state index contributed by atoms with van der Waals surface area (Å²) in [5.74, 6) is 1.23. The number of nitrogens with two attached hydrogens (primary N) is 1. The Balaban J connectivity index is 2.87. The van der Waals surface area contributed by atoms with Gasteiger partial charge >= 0.3 is 0 Å². The summed E-state index contributed by atoms with van der Waals surface area (Å²) in [6, 6.07) is 4.84. The zero-order valence-corrected chi connectivity index (χ0v) is 11.9. The molecule has 19 heavy (non-hydrogen) atoms. The molecule has 1 unspecified atom stereocenters. The molecular formula is C14H22N2O3. The normalized spacial score (nSPS) is 13.5. The van der Waals surface area contributed by atoms with Crippen LogP contribution in [0.5, 0.6) is 11.5 Å². The number of methoxy groups -OCH3 is 2. The lowest BCUT2D eigenvalue weighted by molar-refractivity contribution is -0.123. The summed E-state index contributed by atoms with van der Waals surface area (Å²) in [5.41, 5.74) is 6.58. The van der Waals surface area contributed by atoms with E-state index in [1.165, 1.54) is 0 Å². The van der Waals surface area contributed by atoms with Crippen molar-refractivity contribution in [2.45, 2.75) is 32.4 Å². The third kappa shape index (κ3) is 3.86. The lowest BCUT2D eigenvalue weighted by Gasteiger charge is -2.19. The Morgan fingerprint density at radius 3 is 2.58 bits per heavy atom. The largest absolute Gasteiger partial charge is 0.497 e. The van der Waals surface area contributed by atoms with E-state index in [9.17, 15) is 4.79 Å². The average molecular weight is 266 g/mol. The molecule has 1 rings (SSSR count). The summed E-state index contributed by atoms with van der Waals surface area (Å²) in [6.07, 6.45) is 0.609. The standard InChI is InChI=1S/C14H22N2O3/c1-5-12(15)14(17)16-9(2)11-7-6-10(18-3)8-13(11)19-4/h6-9,12H,5,15H2,1-4H3,(H,16,17)/t9?,12-/m1/s1. The minimum absolute atomic E-state index is 0.159. The number of benzene rings is 1. The third-order valence-electron chi connectivity index (χ3n) is 3.04. The molecule has 0 saturated carbocycles. The molecule has 0 heterocycles. The van der Waals surface area contributed by atoms with Crippen LogP contribution in [0, 0.1) is 0 Å². The van der Waals surface area contributed by atoms with E-state index in [2.05, 4.69) is 5.32 Å². The van der Waals surface area contributed by atoms with Crippen LogP contribution in [0.3, 0.4) is 0 Å². The van der Waals surface area contributed by atoms with Crippen LogP contribution < -0.4 is 20.5 Å². The number of carbonyl (C=O) groups excluding carboxylic acids is 1. The summed E-state index contributed by atoms with van der Waals surface area (Å²) < 4.78 is 10.5. The molecule has 0 radical (unpaired) electrons. The molecule has 5 heteroatoms. The van der Waals surface area contributed by atoms with Gasteiger partial charge in [0.15, 0.2) is 0 Å². The van der Waals surface area contributed by atoms with Gasteiger partial charge in [-0.25, -0.2) is 0 Å². The van der Waals surface area contributed by atoms with Crippen LogP contribution in [0.4, 0.5) is 0 Å². The zero-order valence-electron chi connectivity index (χ0n) is 11.9. The smallest absolute Gasteiger partial charge is 0.237 e. The van der Waals surface area contributed by atoms with Gasteiger partial charge in [-0.2, -0.15) is 0 Å². The van der Waals surface area contributed by atoms with Crippen molar-refractivity contribution >= 4 is 5.91 Å². The predicted octanol–water partition coefficient (Wildman–Crippen LogP) is 1.62. The summed E-state index contributed by atoms with van der Waals surface area (Å²) in [5, 5.41) is 2.87. The molecule has 0 aliphatic carbocycles. The van der Waals surface area contributed by atoms with E-state index in [-0.39, 0.29) is 11.9 Å². The maximum atomic E-state index is 11.8. The van der Waals surface area contributed by atoms with Gasteiger partial charge in [-0.1, -0.05) is 6.92 Å². The van der Waals surface area contributed by atoms with E-state index < -0.39 is 6.04 Å². The molecule has 106 valence electrons. The molecule has 1 aromatic carbocycles. The van der Waals surface area contributed by atoms with Gasteiger partial charge in [-0.3, -0.25) is 4.79 Å². The van der Waals surface area contributed by atoms with E-state index >= 15 is 0 Å². The lowest BCUT2D eigenvalue weighted by atomic mass is 10.1. The van der Waals surface area contributed by atoms with Crippen molar-refractivity contribution in [3.8, 4) is 11.5 Å². The molecule has 1 amide bonds. The van der Waals surface area contributed by atoms with Crippen LogP contribution in [-0.2, 0) is 4.79 Å². The predicted molar refractivity (Wildman–Crippen MR) is 74.4 cm³/mol. The fraction of sp³-hybridized carbons (Fsp3) is 0.500. The number of hydrogen-bond acceptors (Lipinski definition) is 4. The van der Waals surface area contributed by atoms with Gasteiger partial charge in [0.1, 0.15) is 11.5 Å². The highest BCUT2D eigenvalue weighted by Gasteiger charge is 2.17. The minimum atomic E-state index is -0.480. The van der Waals surface area contributed by atoms with E-state index in [0.717, 1.165) is 5.56 Å². The van der Waals surface area contributed by atoms with Gasteiger partial charge in [0, 0.05) is 11.6 Å². The number of carbonyl (C=O) groups is 1. The molecule has 0 spiro atoms. The Morgan fingerprint density at radius 1 is 1.37 bits per heavy atom. The monoisotopic (exact) mass is 266 g/mol. The Bertz CT molecular complexity index is 435. The number of rotatable bonds is 6. The van der Waals surface area contributed by atoms with Gasteiger partial charge in [0.25, 0.3) is 0 Å². The van der Waals surface area contributed by atoms with Gasteiger partial charge in [0.2, 0.25) is 5.91 Å². The summed E-state index contributed by atoms with van der Waals surface area (Å²) in [4.78, 5) is 11.8. The lowest BCUT2D eigenvalue weighted by Crippen LogP contribution is -2.41. The quantitative estimate of drug-likeness (QED) is 0.820. The van der Waals surface area contributed by atoms with Crippen molar-refractivity contribution in [1.82, 2.24) is 5.32 Å². The van der Waals surface area contributed by atoms with E-state index in [1.54, 1.807) is 20.3 Å². The second-order valence-electron chi connectivity index (χ2n) is 4.35. The fourth-order valence-electron chi connectivity index (χ4n) is 1.76. The Hall–Kier alpha value is -1.75. The molecular weight excluding hydrogens is 244 g/mol. The van der Waals surface area contributed by atoms with Crippen molar-refractivity contribution in [3.63, 3.8) is 0 Å². The average Bonchev–Trinajstić information content (AvgIpc) is 2.45. The summed E-state index contributed by atoms with van der Waals surface area (Å²) in [7, 11) is 3.19. The second-order valence-corrected chi connectivity index (χ2v) is 4.35. The first-order valence-electron chi connectivity index (χ1n) is 6.31. The maximum absolute atomic E-state index is 11.8. The second kappa shape index (κ2) is 6.99. The molecule has 0 bridgehead atoms. The van der Waals surface area contributed by atoms with Gasteiger partial charge < -0.3 is 20.5 Å². The molecule has 0 aliphatic rings. The van der Waals surface area contributed by atoms with Crippen LogP contribution in [-0.4, -0.2) is 26.2 Å². The number of nitrogens with one attached hydrogen (secondary N) is 1. The highest BCUT2D eigenvalue weighted by molar-refractivity contribution is 5.81. The Morgan fingerprint density at radius 2 is 2.05 bits per heavy atom. The molecule has 2 atom stereocenters. The zero-order chi connectivity index (χ0) is 14.4.